The maximum atomic E-state index is 9.36. The molecule has 5 nitrogen and oxygen atoms in total. The van der Waals surface area contributed by atoms with Gasteiger partial charge >= 0.3 is 0 Å². The molecule has 1 aromatic heterocycles. The molecule has 0 saturated carbocycles. The van der Waals surface area contributed by atoms with Crippen molar-refractivity contribution in [2.24, 2.45) is 0 Å². The van der Waals surface area contributed by atoms with Crippen LogP contribution in [0, 0.1) is 0 Å². The van der Waals surface area contributed by atoms with E-state index in [0.717, 1.165) is 36.8 Å². The van der Waals surface area contributed by atoms with Crippen LogP contribution in [0.1, 0.15) is 12.8 Å². The van der Waals surface area contributed by atoms with Crippen molar-refractivity contribution in [3.63, 3.8) is 0 Å². The Bertz CT molecular complexity index is 517. The molecule has 0 aliphatic carbocycles. The van der Waals surface area contributed by atoms with Crippen LogP contribution in [0.25, 0.3) is 10.9 Å². The van der Waals surface area contributed by atoms with Crippen LogP contribution in [0.2, 0.25) is 0 Å². The predicted molar refractivity (Wildman–Crippen MR) is 64.3 cm³/mol. The Labute approximate surface area is 98.8 Å². The highest BCUT2D eigenvalue weighted by molar-refractivity contribution is 5.85. The lowest BCUT2D eigenvalue weighted by Gasteiger charge is -2.22. The molecule has 3 N–H and O–H groups in total. The first-order valence-electron chi connectivity index (χ1n) is 5.87. The monoisotopic (exact) mass is 233 g/mol. The molecule has 0 amide bonds. The summed E-state index contributed by atoms with van der Waals surface area (Å²) < 4.78 is 5.86. The van der Waals surface area contributed by atoms with Gasteiger partial charge in [0, 0.05) is 12.6 Å². The normalized spacial score (nSPS) is 20.6. The second-order valence-electron chi connectivity index (χ2n) is 4.34. The van der Waals surface area contributed by atoms with Crippen molar-refractivity contribution in [2.45, 2.75) is 18.9 Å². The van der Waals surface area contributed by atoms with Gasteiger partial charge in [-0.2, -0.15) is 0 Å². The second kappa shape index (κ2) is 4.25. The van der Waals surface area contributed by atoms with Crippen molar-refractivity contribution in [1.29, 1.82) is 0 Å². The van der Waals surface area contributed by atoms with Crippen LogP contribution in [0.15, 0.2) is 18.2 Å². The molecule has 2 heterocycles. The highest BCUT2D eigenvalue weighted by Crippen LogP contribution is 2.27. The van der Waals surface area contributed by atoms with Gasteiger partial charge in [-0.25, -0.2) is 0 Å². The summed E-state index contributed by atoms with van der Waals surface area (Å²) in [7, 11) is 0. The maximum Gasteiger partial charge on any atom is 0.240 e. The zero-order chi connectivity index (χ0) is 11.7. The quantitative estimate of drug-likeness (QED) is 0.733. The number of aromatic hydroxyl groups is 1. The number of ether oxygens (including phenoxy) is 1. The van der Waals surface area contributed by atoms with Gasteiger partial charge in [-0.3, -0.25) is 5.10 Å². The minimum absolute atomic E-state index is 0.184. The highest BCUT2D eigenvalue weighted by atomic mass is 16.5. The van der Waals surface area contributed by atoms with Gasteiger partial charge in [0.15, 0.2) is 0 Å². The fourth-order valence-electron chi connectivity index (χ4n) is 2.15. The zero-order valence-electron chi connectivity index (χ0n) is 9.44. The van der Waals surface area contributed by atoms with E-state index in [9.17, 15) is 5.11 Å². The SMILES string of the molecule is Oc1ccc2c(OC3CCCNC3)n[nH]c2c1. The second-order valence-corrected chi connectivity index (χ2v) is 4.34. The number of hydrogen-bond donors (Lipinski definition) is 3. The molecule has 0 radical (unpaired) electrons. The Kier molecular flexibility index (Phi) is 2.60. The minimum atomic E-state index is 0.184. The molecular formula is C12H15N3O2. The minimum Gasteiger partial charge on any atom is -0.508 e. The van der Waals surface area contributed by atoms with Crippen LogP contribution >= 0.6 is 0 Å². The van der Waals surface area contributed by atoms with E-state index in [0.29, 0.717) is 5.88 Å². The van der Waals surface area contributed by atoms with Crippen molar-refractivity contribution in [2.75, 3.05) is 13.1 Å². The number of fused-ring (bicyclic) bond motifs is 1. The topological polar surface area (TPSA) is 70.2 Å². The summed E-state index contributed by atoms with van der Waals surface area (Å²) in [5, 5.41) is 20.6. The number of aromatic amines is 1. The van der Waals surface area contributed by atoms with Gasteiger partial charge in [-0.05, 0) is 31.5 Å². The van der Waals surface area contributed by atoms with E-state index in [-0.39, 0.29) is 11.9 Å². The predicted octanol–water partition coefficient (Wildman–Crippen LogP) is 1.40. The number of piperidine rings is 1. The first kappa shape index (κ1) is 10.4. The molecule has 1 fully saturated rings. The molecule has 1 aliphatic heterocycles. The number of phenols is 1. The number of nitrogens with one attached hydrogen (secondary N) is 2. The molecule has 1 aromatic carbocycles. The maximum absolute atomic E-state index is 9.36. The molecule has 1 unspecified atom stereocenters. The van der Waals surface area contributed by atoms with Gasteiger partial charge in [0.2, 0.25) is 5.88 Å². The Hall–Kier alpha value is -1.75. The fourth-order valence-corrected chi connectivity index (χ4v) is 2.15. The van der Waals surface area contributed by atoms with Crippen LogP contribution in [0.3, 0.4) is 0 Å². The van der Waals surface area contributed by atoms with Crippen molar-refractivity contribution in [1.82, 2.24) is 15.5 Å². The summed E-state index contributed by atoms with van der Waals surface area (Å²) >= 11 is 0. The van der Waals surface area contributed by atoms with Gasteiger partial charge in [0.25, 0.3) is 0 Å². The van der Waals surface area contributed by atoms with E-state index in [1.54, 1.807) is 12.1 Å². The van der Waals surface area contributed by atoms with Crippen molar-refractivity contribution in [3.8, 4) is 11.6 Å². The molecule has 5 heteroatoms. The van der Waals surface area contributed by atoms with E-state index < -0.39 is 0 Å². The van der Waals surface area contributed by atoms with Crippen molar-refractivity contribution >= 4 is 10.9 Å². The van der Waals surface area contributed by atoms with Crippen molar-refractivity contribution in [3.05, 3.63) is 18.2 Å². The van der Waals surface area contributed by atoms with Gasteiger partial charge in [-0.1, -0.05) is 0 Å². The van der Waals surface area contributed by atoms with Crippen LogP contribution < -0.4 is 10.1 Å². The summed E-state index contributed by atoms with van der Waals surface area (Å²) in [6.07, 6.45) is 2.37. The van der Waals surface area contributed by atoms with Crippen LogP contribution in [0.5, 0.6) is 11.6 Å². The first-order valence-corrected chi connectivity index (χ1v) is 5.87. The zero-order valence-corrected chi connectivity index (χ0v) is 9.44. The molecule has 1 saturated heterocycles. The highest BCUT2D eigenvalue weighted by Gasteiger charge is 2.17. The average molecular weight is 233 g/mol. The Morgan fingerprint density at radius 2 is 2.35 bits per heavy atom. The molecule has 1 aliphatic rings. The Morgan fingerprint density at radius 3 is 3.18 bits per heavy atom. The number of aromatic nitrogens is 2. The number of rotatable bonds is 2. The molecule has 0 bridgehead atoms. The number of nitrogens with zero attached hydrogens (tertiary/aromatic N) is 1. The lowest BCUT2D eigenvalue weighted by molar-refractivity contribution is 0.162. The fraction of sp³-hybridized carbons (Fsp3) is 0.417. The molecular weight excluding hydrogens is 218 g/mol. The third-order valence-corrected chi connectivity index (χ3v) is 3.04. The lowest BCUT2D eigenvalue weighted by atomic mass is 10.1. The largest absolute Gasteiger partial charge is 0.508 e. The molecule has 2 aromatic rings. The summed E-state index contributed by atoms with van der Waals surface area (Å²) in [4.78, 5) is 0. The first-order chi connectivity index (χ1) is 8.33. The Morgan fingerprint density at radius 1 is 1.41 bits per heavy atom. The van der Waals surface area contributed by atoms with E-state index in [1.165, 1.54) is 0 Å². The van der Waals surface area contributed by atoms with Gasteiger partial charge in [0.05, 0.1) is 10.9 Å². The van der Waals surface area contributed by atoms with Crippen LogP contribution in [-0.4, -0.2) is 34.5 Å². The van der Waals surface area contributed by atoms with E-state index >= 15 is 0 Å². The summed E-state index contributed by atoms with van der Waals surface area (Å²) in [6.45, 7) is 1.93. The Balaban J connectivity index is 1.84. The standard InChI is InChI=1S/C12H15N3O2/c16-8-3-4-10-11(6-8)14-15-12(10)17-9-2-1-5-13-7-9/h3-4,6,9,13,16H,1-2,5,7H2,(H,14,15). The average Bonchev–Trinajstić information content (AvgIpc) is 2.73. The lowest BCUT2D eigenvalue weighted by Crippen LogP contribution is -2.37. The van der Waals surface area contributed by atoms with Crippen molar-refractivity contribution < 1.29 is 9.84 Å². The molecule has 3 rings (SSSR count). The number of H-pyrrole nitrogens is 1. The van der Waals surface area contributed by atoms with E-state index in [1.807, 2.05) is 6.07 Å². The molecule has 90 valence electrons. The van der Waals surface area contributed by atoms with E-state index in [2.05, 4.69) is 15.5 Å². The van der Waals surface area contributed by atoms with Crippen LogP contribution in [0.4, 0.5) is 0 Å². The molecule has 17 heavy (non-hydrogen) atoms. The van der Waals surface area contributed by atoms with E-state index in [4.69, 9.17) is 4.74 Å². The third-order valence-electron chi connectivity index (χ3n) is 3.04. The number of hydrogen-bond acceptors (Lipinski definition) is 4. The molecule has 0 spiro atoms. The van der Waals surface area contributed by atoms with Gasteiger partial charge < -0.3 is 15.2 Å². The summed E-state index contributed by atoms with van der Waals surface area (Å²) in [5.41, 5.74) is 0.795. The summed E-state index contributed by atoms with van der Waals surface area (Å²) in [5.74, 6) is 0.848. The number of benzene rings is 1. The third kappa shape index (κ3) is 2.06. The smallest absolute Gasteiger partial charge is 0.240 e. The summed E-state index contributed by atoms with van der Waals surface area (Å²) in [6, 6.07) is 5.11. The molecule has 1 atom stereocenters. The van der Waals surface area contributed by atoms with Gasteiger partial charge in [0.1, 0.15) is 11.9 Å². The van der Waals surface area contributed by atoms with Gasteiger partial charge in [-0.15, -0.1) is 5.10 Å². The number of phenolic OH excluding ortho intramolecular Hbond substituents is 1. The van der Waals surface area contributed by atoms with Crippen LogP contribution in [-0.2, 0) is 0 Å².